The molecule has 0 spiro atoms. The average molecular weight is 352 g/mol. The second-order valence-corrected chi connectivity index (χ2v) is 1.85. The summed E-state index contributed by atoms with van der Waals surface area (Å²) in [4.78, 5) is 0. The zero-order valence-electron chi connectivity index (χ0n) is 10.8. The molecule has 0 aromatic carbocycles. The Labute approximate surface area is 132 Å². The van der Waals surface area contributed by atoms with Crippen LogP contribution in [-0.2, 0) is 9.47 Å². The normalized spacial score (nSPS) is 6.75. The molecule has 0 rings (SSSR count). The summed E-state index contributed by atoms with van der Waals surface area (Å²) < 4.78 is 9.31. The SMILES string of the molecule is COCCOC.[CH2][CH][CH2].[CH2][CH][CH2].[CH2][CH][CH2].[La]. The molecular formula is C13H25LaO2. The predicted molar refractivity (Wildman–Crippen MR) is 68.8 cm³/mol. The van der Waals surface area contributed by atoms with Crippen LogP contribution in [0.1, 0.15) is 0 Å². The smallest absolute Gasteiger partial charge is 0.0696 e. The summed E-state index contributed by atoms with van der Waals surface area (Å²) >= 11 is 0. The third-order valence-corrected chi connectivity index (χ3v) is 0.492. The zero-order chi connectivity index (χ0) is 12.9. The van der Waals surface area contributed by atoms with Crippen molar-refractivity contribution in [3.8, 4) is 0 Å². The van der Waals surface area contributed by atoms with Crippen molar-refractivity contribution >= 4 is 0 Å². The molecule has 0 aromatic rings. The third-order valence-electron chi connectivity index (χ3n) is 0.492. The van der Waals surface area contributed by atoms with Gasteiger partial charge in [0.2, 0.25) is 0 Å². The Morgan fingerprint density at radius 3 is 0.875 bits per heavy atom. The first kappa shape index (κ1) is 30.3. The van der Waals surface area contributed by atoms with Crippen LogP contribution in [0.15, 0.2) is 0 Å². The zero-order valence-corrected chi connectivity index (χ0v) is 14.4. The molecule has 0 aromatic heterocycles. The van der Waals surface area contributed by atoms with Crippen LogP contribution in [0.3, 0.4) is 0 Å². The summed E-state index contributed by atoms with van der Waals surface area (Å²) in [5.74, 6) is 0. The van der Waals surface area contributed by atoms with Gasteiger partial charge in [-0.15, -0.1) is 0 Å². The van der Waals surface area contributed by atoms with Crippen molar-refractivity contribution in [1.29, 1.82) is 0 Å². The van der Waals surface area contributed by atoms with Gasteiger partial charge in [0.25, 0.3) is 0 Å². The second-order valence-electron chi connectivity index (χ2n) is 1.85. The first-order valence-electron chi connectivity index (χ1n) is 4.34. The van der Waals surface area contributed by atoms with Crippen molar-refractivity contribution < 1.29 is 45.1 Å². The van der Waals surface area contributed by atoms with Crippen molar-refractivity contribution in [1.82, 2.24) is 0 Å². The number of ether oxygens (including phenoxy) is 2. The van der Waals surface area contributed by atoms with Gasteiger partial charge < -0.3 is 9.47 Å². The minimum atomic E-state index is 0. The van der Waals surface area contributed by atoms with E-state index in [1.165, 1.54) is 19.3 Å². The fourth-order valence-corrected chi connectivity index (χ4v) is 0.167. The Morgan fingerprint density at radius 2 is 0.812 bits per heavy atom. The molecule has 0 N–H and O–H groups in total. The summed E-state index contributed by atoms with van der Waals surface area (Å²) in [6.45, 7) is 20.9. The summed E-state index contributed by atoms with van der Waals surface area (Å²) in [7, 11) is 3.30. The van der Waals surface area contributed by atoms with Crippen LogP contribution in [0.4, 0.5) is 0 Å². The molecule has 0 amide bonds. The van der Waals surface area contributed by atoms with Crippen LogP contribution in [0.25, 0.3) is 0 Å². The summed E-state index contributed by atoms with van der Waals surface area (Å²) in [6, 6.07) is 0. The second kappa shape index (κ2) is 55.9. The van der Waals surface area contributed by atoms with Gasteiger partial charge in [0.15, 0.2) is 0 Å². The Balaban J connectivity index is -0.0000000353. The Hall–Kier alpha value is 1.11. The molecule has 0 saturated carbocycles. The van der Waals surface area contributed by atoms with E-state index in [0.29, 0.717) is 13.2 Å². The first-order chi connectivity index (χ1) is 7.16. The van der Waals surface area contributed by atoms with Crippen molar-refractivity contribution in [2.24, 2.45) is 0 Å². The van der Waals surface area contributed by atoms with E-state index in [-0.39, 0.29) is 35.6 Å². The van der Waals surface area contributed by atoms with Gasteiger partial charge in [0.1, 0.15) is 0 Å². The van der Waals surface area contributed by atoms with Gasteiger partial charge in [0.05, 0.1) is 13.2 Å². The topological polar surface area (TPSA) is 18.5 Å². The molecule has 0 bridgehead atoms. The molecule has 0 unspecified atom stereocenters. The van der Waals surface area contributed by atoms with Crippen LogP contribution in [0.5, 0.6) is 0 Å². The molecule has 0 atom stereocenters. The summed E-state index contributed by atoms with van der Waals surface area (Å²) in [5.41, 5.74) is 0. The maximum Gasteiger partial charge on any atom is 0.0696 e. The van der Waals surface area contributed by atoms with E-state index >= 15 is 0 Å². The monoisotopic (exact) mass is 352 g/mol. The molecule has 0 fully saturated rings. The minimum Gasteiger partial charge on any atom is -0.382 e. The minimum absolute atomic E-state index is 0. The Morgan fingerprint density at radius 1 is 0.688 bits per heavy atom. The van der Waals surface area contributed by atoms with Gasteiger partial charge in [-0.1, -0.05) is 0 Å². The molecule has 92 valence electrons. The maximum atomic E-state index is 4.66. The summed E-state index contributed by atoms with van der Waals surface area (Å²) in [6.07, 6.45) is 4.50. The molecule has 0 heterocycles. The molecule has 16 heavy (non-hydrogen) atoms. The van der Waals surface area contributed by atoms with E-state index in [4.69, 9.17) is 0 Å². The standard InChI is InChI=1S/C4H10O2.3C3H5.La/c1-5-3-4-6-2;3*1-3-2;/h3-4H2,1-2H3;3*3H,1-2H2;. The first-order valence-corrected chi connectivity index (χ1v) is 4.34. The van der Waals surface area contributed by atoms with Crippen molar-refractivity contribution in [2.45, 2.75) is 0 Å². The maximum absolute atomic E-state index is 4.66. The molecule has 2 nitrogen and oxygen atoms in total. The van der Waals surface area contributed by atoms with Gasteiger partial charge in [-0.3, -0.25) is 0 Å². The van der Waals surface area contributed by atoms with Crippen molar-refractivity contribution in [3.63, 3.8) is 0 Å². The fraction of sp³-hybridized carbons (Fsp3) is 0.308. The number of hydrogen-bond acceptors (Lipinski definition) is 2. The van der Waals surface area contributed by atoms with Gasteiger partial charge in [-0.25, -0.2) is 0 Å². The molecule has 0 aliphatic carbocycles. The van der Waals surface area contributed by atoms with Crippen molar-refractivity contribution in [2.75, 3.05) is 27.4 Å². The van der Waals surface area contributed by atoms with Gasteiger partial charge in [0, 0.05) is 49.8 Å². The van der Waals surface area contributed by atoms with Gasteiger partial charge in [-0.05, 0) is 60.8 Å². The van der Waals surface area contributed by atoms with Crippen LogP contribution < -0.4 is 0 Å². The van der Waals surface area contributed by atoms with Crippen LogP contribution in [0.2, 0.25) is 0 Å². The molecule has 10 radical (unpaired) electrons. The van der Waals surface area contributed by atoms with E-state index < -0.39 is 0 Å². The van der Waals surface area contributed by atoms with Gasteiger partial charge >= 0.3 is 0 Å². The quantitative estimate of drug-likeness (QED) is 0.728. The predicted octanol–water partition coefficient (Wildman–Crippen LogP) is 2.86. The average Bonchev–Trinajstić information content (AvgIpc) is 2.18. The van der Waals surface area contributed by atoms with Crippen LogP contribution >= 0.6 is 0 Å². The fourth-order valence-electron chi connectivity index (χ4n) is 0.167. The van der Waals surface area contributed by atoms with Gasteiger partial charge in [-0.2, -0.15) is 0 Å². The number of rotatable bonds is 3. The van der Waals surface area contributed by atoms with Crippen molar-refractivity contribution in [3.05, 3.63) is 60.8 Å². The Kier molecular flexibility index (Phi) is 106. The third kappa shape index (κ3) is 178. The largest absolute Gasteiger partial charge is 0.382 e. The molecule has 0 aliphatic rings. The van der Waals surface area contributed by atoms with E-state index in [2.05, 4.69) is 51.0 Å². The Bertz CT molecular complexity index is 44.4. The van der Waals surface area contributed by atoms with E-state index in [1.807, 2.05) is 0 Å². The molecular weight excluding hydrogens is 327 g/mol. The molecule has 0 aliphatic heterocycles. The van der Waals surface area contributed by atoms with Crippen LogP contribution in [-0.4, -0.2) is 27.4 Å². The summed E-state index contributed by atoms with van der Waals surface area (Å²) in [5, 5.41) is 0. The number of hydrogen-bond donors (Lipinski definition) is 0. The molecule has 0 saturated heterocycles. The van der Waals surface area contributed by atoms with Crippen LogP contribution in [0, 0.1) is 96.4 Å². The number of methoxy groups -OCH3 is 2. The van der Waals surface area contributed by atoms with E-state index in [9.17, 15) is 0 Å². The van der Waals surface area contributed by atoms with E-state index in [1.54, 1.807) is 14.2 Å². The molecule has 3 heteroatoms. The van der Waals surface area contributed by atoms with E-state index in [0.717, 1.165) is 0 Å².